The van der Waals surface area contributed by atoms with Crippen LogP contribution in [0.5, 0.6) is 0 Å². The molecule has 1 aromatic heterocycles. The Morgan fingerprint density at radius 3 is 2.76 bits per heavy atom. The molecule has 0 unspecified atom stereocenters. The maximum Gasteiger partial charge on any atom is 0.339 e. The van der Waals surface area contributed by atoms with Gasteiger partial charge in [0.05, 0.1) is 18.0 Å². The van der Waals surface area contributed by atoms with Crippen molar-refractivity contribution in [3.05, 3.63) is 17.5 Å². The van der Waals surface area contributed by atoms with Crippen molar-refractivity contribution in [1.82, 2.24) is 14.7 Å². The van der Waals surface area contributed by atoms with Gasteiger partial charge in [0.25, 0.3) is 0 Å². The van der Waals surface area contributed by atoms with Crippen molar-refractivity contribution in [3.63, 3.8) is 0 Å². The van der Waals surface area contributed by atoms with Crippen molar-refractivity contribution in [2.75, 3.05) is 13.1 Å². The van der Waals surface area contributed by atoms with Crippen molar-refractivity contribution in [3.8, 4) is 0 Å². The first kappa shape index (κ1) is 12.1. The Labute approximate surface area is 99.5 Å². The molecule has 0 atom stereocenters. The summed E-state index contributed by atoms with van der Waals surface area (Å²) in [7, 11) is 1.75. The molecule has 0 radical (unpaired) electrons. The number of nitrogens with zero attached hydrogens (tertiary/aromatic N) is 3. The Bertz CT molecular complexity index is 408. The molecule has 1 aromatic rings. The summed E-state index contributed by atoms with van der Waals surface area (Å²) in [5.74, 6) is -0.940. The summed E-state index contributed by atoms with van der Waals surface area (Å²) < 4.78 is 1.61. The van der Waals surface area contributed by atoms with E-state index in [1.54, 1.807) is 11.7 Å². The molecule has 1 saturated heterocycles. The van der Waals surface area contributed by atoms with Gasteiger partial charge in [0, 0.05) is 26.7 Å². The highest BCUT2D eigenvalue weighted by atomic mass is 16.4. The van der Waals surface area contributed by atoms with Gasteiger partial charge < -0.3 is 10.2 Å². The Balaban J connectivity index is 2.08. The number of aliphatic hydroxyl groups excluding tert-OH is 1. The standard InChI is InChI=1S/C11H17N3O3/c1-13-10(9(6-12-13)11(16)17)7-14-4-2-8(15)3-5-14/h6,8,15H,2-5,7H2,1H3,(H,16,17). The van der Waals surface area contributed by atoms with Gasteiger partial charge in [0.2, 0.25) is 0 Å². The zero-order valence-electron chi connectivity index (χ0n) is 9.83. The van der Waals surface area contributed by atoms with Crippen LogP contribution < -0.4 is 0 Å². The molecule has 0 amide bonds. The normalized spacial score (nSPS) is 18.5. The molecule has 6 nitrogen and oxygen atoms in total. The Hall–Kier alpha value is -1.40. The molecule has 6 heteroatoms. The Kier molecular flexibility index (Phi) is 3.44. The molecule has 1 fully saturated rings. The molecule has 2 N–H and O–H groups in total. The number of hydrogen-bond donors (Lipinski definition) is 2. The first-order chi connectivity index (χ1) is 8.08. The number of hydrogen-bond acceptors (Lipinski definition) is 4. The molecule has 94 valence electrons. The minimum atomic E-state index is -0.940. The van der Waals surface area contributed by atoms with Gasteiger partial charge in [0.1, 0.15) is 5.56 Å². The number of aliphatic hydroxyl groups is 1. The summed E-state index contributed by atoms with van der Waals surface area (Å²) in [6.07, 6.45) is 2.67. The monoisotopic (exact) mass is 239 g/mol. The average molecular weight is 239 g/mol. The van der Waals surface area contributed by atoms with Crippen LogP contribution in [0.25, 0.3) is 0 Å². The Morgan fingerprint density at radius 2 is 2.18 bits per heavy atom. The zero-order chi connectivity index (χ0) is 12.4. The van der Waals surface area contributed by atoms with E-state index in [4.69, 9.17) is 5.11 Å². The van der Waals surface area contributed by atoms with Crippen molar-refractivity contribution < 1.29 is 15.0 Å². The summed E-state index contributed by atoms with van der Waals surface area (Å²) in [5.41, 5.74) is 0.979. The summed E-state index contributed by atoms with van der Waals surface area (Å²) in [4.78, 5) is 13.2. The van der Waals surface area contributed by atoms with E-state index in [1.165, 1.54) is 6.20 Å². The topological polar surface area (TPSA) is 78.6 Å². The molecule has 2 heterocycles. The fraction of sp³-hybridized carbons (Fsp3) is 0.636. The summed E-state index contributed by atoms with van der Waals surface area (Å²) in [6, 6.07) is 0. The molecule has 0 saturated carbocycles. The van der Waals surface area contributed by atoms with E-state index in [0.29, 0.717) is 12.2 Å². The lowest BCUT2D eigenvalue weighted by atomic mass is 10.1. The van der Waals surface area contributed by atoms with E-state index in [-0.39, 0.29) is 11.7 Å². The fourth-order valence-electron chi connectivity index (χ4n) is 2.12. The maximum absolute atomic E-state index is 11.0. The molecule has 1 aliphatic heterocycles. The van der Waals surface area contributed by atoms with Crippen LogP contribution in [0.3, 0.4) is 0 Å². The number of aromatic carboxylic acids is 1. The smallest absolute Gasteiger partial charge is 0.339 e. The lowest BCUT2D eigenvalue weighted by molar-refractivity contribution is 0.0680. The van der Waals surface area contributed by atoms with E-state index in [1.807, 2.05) is 0 Å². The van der Waals surface area contributed by atoms with E-state index in [2.05, 4.69) is 10.00 Å². The molecule has 1 aliphatic rings. The lowest BCUT2D eigenvalue weighted by Gasteiger charge is -2.29. The molecule has 0 spiro atoms. The quantitative estimate of drug-likeness (QED) is 0.780. The first-order valence-corrected chi connectivity index (χ1v) is 5.72. The number of piperidine rings is 1. The second-order valence-corrected chi connectivity index (χ2v) is 4.44. The molecule has 17 heavy (non-hydrogen) atoms. The first-order valence-electron chi connectivity index (χ1n) is 5.72. The van der Waals surface area contributed by atoms with Crippen LogP contribution in [0.2, 0.25) is 0 Å². The highest BCUT2D eigenvalue weighted by molar-refractivity contribution is 5.88. The zero-order valence-corrected chi connectivity index (χ0v) is 9.83. The summed E-state index contributed by atoms with van der Waals surface area (Å²) in [5, 5.41) is 22.4. The van der Waals surface area contributed by atoms with Gasteiger partial charge in [-0.1, -0.05) is 0 Å². The van der Waals surface area contributed by atoms with Crippen molar-refractivity contribution in [1.29, 1.82) is 0 Å². The van der Waals surface area contributed by atoms with Gasteiger partial charge in [-0.05, 0) is 12.8 Å². The van der Waals surface area contributed by atoms with Gasteiger partial charge in [-0.15, -0.1) is 0 Å². The van der Waals surface area contributed by atoms with Gasteiger partial charge in [0.15, 0.2) is 0 Å². The van der Waals surface area contributed by atoms with Crippen LogP contribution in [0.1, 0.15) is 28.9 Å². The van der Waals surface area contributed by atoms with Crippen molar-refractivity contribution in [2.45, 2.75) is 25.5 Å². The van der Waals surface area contributed by atoms with Crippen LogP contribution >= 0.6 is 0 Å². The van der Waals surface area contributed by atoms with E-state index < -0.39 is 5.97 Å². The maximum atomic E-state index is 11.0. The molecular formula is C11H17N3O3. The van der Waals surface area contributed by atoms with Gasteiger partial charge in [-0.25, -0.2) is 4.79 Å². The van der Waals surface area contributed by atoms with Gasteiger partial charge >= 0.3 is 5.97 Å². The average Bonchev–Trinajstić information content (AvgIpc) is 2.64. The number of rotatable bonds is 3. The third-order valence-electron chi connectivity index (χ3n) is 3.22. The van der Waals surface area contributed by atoms with Crippen LogP contribution in [0, 0.1) is 0 Å². The van der Waals surface area contributed by atoms with E-state index in [0.717, 1.165) is 25.9 Å². The van der Waals surface area contributed by atoms with Crippen LogP contribution in [-0.4, -0.2) is 50.1 Å². The van der Waals surface area contributed by atoms with Gasteiger partial charge in [-0.2, -0.15) is 5.10 Å². The molecular weight excluding hydrogens is 222 g/mol. The predicted molar refractivity (Wildman–Crippen MR) is 60.7 cm³/mol. The van der Waals surface area contributed by atoms with Crippen molar-refractivity contribution in [2.24, 2.45) is 7.05 Å². The fourth-order valence-corrected chi connectivity index (χ4v) is 2.12. The number of aryl methyl sites for hydroxylation is 1. The summed E-state index contributed by atoms with van der Waals surface area (Å²) >= 11 is 0. The third-order valence-corrected chi connectivity index (χ3v) is 3.22. The number of carboxylic acid groups (broad SMARTS) is 1. The number of likely N-dealkylation sites (tertiary alicyclic amines) is 1. The SMILES string of the molecule is Cn1ncc(C(=O)O)c1CN1CCC(O)CC1. The minimum absolute atomic E-state index is 0.211. The van der Waals surface area contributed by atoms with E-state index >= 15 is 0 Å². The largest absolute Gasteiger partial charge is 0.478 e. The summed E-state index contributed by atoms with van der Waals surface area (Å²) in [6.45, 7) is 2.17. The molecule has 0 bridgehead atoms. The molecule has 2 rings (SSSR count). The van der Waals surface area contributed by atoms with Gasteiger partial charge in [-0.3, -0.25) is 9.58 Å². The lowest BCUT2D eigenvalue weighted by Crippen LogP contribution is -2.36. The van der Waals surface area contributed by atoms with Crippen molar-refractivity contribution >= 4 is 5.97 Å². The van der Waals surface area contributed by atoms with Crippen LogP contribution in [0.4, 0.5) is 0 Å². The highest BCUT2D eigenvalue weighted by Gasteiger charge is 2.21. The third kappa shape index (κ3) is 2.65. The highest BCUT2D eigenvalue weighted by Crippen LogP contribution is 2.16. The minimum Gasteiger partial charge on any atom is -0.478 e. The van der Waals surface area contributed by atoms with E-state index in [9.17, 15) is 9.90 Å². The molecule has 0 aliphatic carbocycles. The number of carboxylic acids is 1. The molecule has 0 aromatic carbocycles. The second kappa shape index (κ2) is 4.85. The van der Waals surface area contributed by atoms with Crippen LogP contribution in [0.15, 0.2) is 6.20 Å². The predicted octanol–water partition coefficient (Wildman–Crippen LogP) is 0.0750. The second-order valence-electron chi connectivity index (χ2n) is 4.44. The number of aromatic nitrogens is 2. The Morgan fingerprint density at radius 1 is 1.53 bits per heavy atom. The number of carbonyl (C=O) groups is 1. The van der Waals surface area contributed by atoms with Crippen LogP contribution in [-0.2, 0) is 13.6 Å².